The Morgan fingerprint density at radius 3 is 2.57 bits per heavy atom. The predicted molar refractivity (Wildman–Crippen MR) is 87.3 cm³/mol. The summed E-state index contributed by atoms with van der Waals surface area (Å²) in [5.74, 6) is 0. The molecule has 2 atom stereocenters. The highest BCUT2D eigenvalue weighted by Gasteiger charge is 2.17. The molecule has 0 bridgehead atoms. The summed E-state index contributed by atoms with van der Waals surface area (Å²) in [5.41, 5.74) is 2.22. The van der Waals surface area contributed by atoms with Crippen LogP contribution in [0, 0.1) is 0 Å². The molecule has 4 nitrogen and oxygen atoms in total. The lowest BCUT2D eigenvalue weighted by Crippen LogP contribution is -2.49. The van der Waals surface area contributed by atoms with Crippen molar-refractivity contribution in [2.75, 3.05) is 39.8 Å². The van der Waals surface area contributed by atoms with Crippen LogP contribution >= 0.6 is 0 Å². The average Bonchev–Trinajstić information content (AvgIpc) is 2.49. The summed E-state index contributed by atoms with van der Waals surface area (Å²) < 4.78 is 0. The van der Waals surface area contributed by atoms with Crippen molar-refractivity contribution < 1.29 is 5.11 Å². The molecule has 2 N–H and O–H groups in total. The highest BCUT2D eigenvalue weighted by Crippen LogP contribution is 2.15. The first-order chi connectivity index (χ1) is 10.1. The van der Waals surface area contributed by atoms with Crippen molar-refractivity contribution in [1.29, 1.82) is 0 Å². The van der Waals surface area contributed by atoms with Gasteiger partial charge in [0, 0.05) is 44.8 Å². The van der Waals surface area contributed by atoms with Gasteiger partial charge in [-0.3, -0.25) is 4.90 Å². The molecule has 0 aliphatic carbocycles. The van der Waals surface area contributed by atoms with Gasteiger partial charge in [-0.2, -0.15) is 0 Å². The Kier molecular flexibility index (Phi) is 6.18. The van der Waals surface area contributed by atoms with Crippen LogP contribution in [0.5, 0.6) is 0 Å². The molecule has 0 radical (unpaired) electrons. The Balaban J connectivity index is 1.82. The SMILES string of the molecule is CC(CN1CCN(C)CC1)NC(C)c1cccc(CO)c1. The van der Waals surface area contributed by atoms with Crippen molar-refractivity contribution in [2.24, 2.45) is 0 Å². The molecule has 0 aromatic heterocycles. The van der Waals surface area contributed by atoms with Gasteiger partial charge in [0.1, 0.15) is 0 Å². The number of nitrogens with one attached hydrogen (secondary N) is 1. The molecule has 4 heteroatoms. The molecule has 1 heterocycles. The van der Waals surface area contributed by atoms with E-state index >= 15 is 0 Å². The lowest BCUT2D eigenvalue weighted by Gasteiger charge is -2.34. The van der Waals surface area contributed by atoms with E-state index in [9.17, 15) is 5.11 Å². The molecule has 0 saturated carbocycles. The Hall–Kier alpha value is -0.940. The average molecular weight is 291 g/mol. The Bertz CT molecular complexity index is 430. The van der Waals surface area contributed by atoms with Crippen LogP contribution in [-0.4, -0.2) is 60.7 Å². The number of aliphatic hydroxyl groups is 1. The van der Waals surface area contributed by atoms with Gasteiger partial charge in [0.25, 0.3) is 0 Å². The molecule has 0 amide bonds. The molecular weight excluding hydrogens is 262 g/mol. The third kappa shape index (κ3) is 5.08. The van der Waals surface area contributed by atoms with E-state index in [1.807, 2.05) is 12.1 Å². The van der Waals surface area contributed by atoms with E-state index in [2.05, 4.69) is 48.1 Å². The third-order valence-corrected chi connectivity index (χ3v) is 4.30. The van der Waals surface area contributed by atoms with Crippen molar-refractivity contribution in [3.63, 3.8) is 0 Å². The summed E-state index contributed by atoms with van der Waals surface area (Å²) in [7, 11) is 2.19. The van der Waals surface area contributed by atoms with Gasteiger partial charge in [-0.15, -0.1) is 0 Å². The van der Waals surface area contributed by atoms with Crippen molar-refractivity contribution in [3.8, 4) is 0 Å². The molecule has 1 aromatic carbocycles. The number of piperazine rings is 1. The van der Waals surface area contributed by atoms with Crippen LogP contribution in [0.1, 0.15) is 31.0 Å². The van der Waals surface area contributed by atoms with Gasteiger partial charge in [0.15, 0.2) is 0 Å². The van der Waals surface area contributed by atoms with Crippen LogP contribution in [0.3, 0.4) is 0 Å². The first-order valence-electron chi connectivity index (χ1n) is 7.95. The van der Waals surface area contributed by atoms with E-state index in [0.29, 0.717) is 12.1 Å². The fourth-order valence-corrected chi connectivity index (χ4v) is 2.95. The predicted octanol–water partition coefficient (Wildman–Crippen LogP) is 1.47. The van der Waals surface area contributed by atoms with Crippen LogP contribution < -0.4 is 5.32 Å². The Morgan fingerprint density at radius 1 is 1.19 bits per heavy atom. The largest absolute Gasteiger partial charge is 0.392 e. The second-order valence-corrected chi connectivity index (χ2v) is 6.30. The van der Waals surface area contributed by atoms with E-state index in [-0.39, 0.29) is 6.61 Å². The molecule has 0 spiro atoms. The van der Waals surface area contributed by atoms with Gasteiger partial charge in [0.05, 0.1) is 6.61 Å². The van der Waals surface area contributed by atoms with Gasteiger partial charge in [-0.25, -0.2) is 0 Å². The number of rotatable bonds is 6. The first-order valence-corrected chi connectivity index (χ1v) is 7.95. The molecule has 1 aromatic rings. The summed E-state index contributed by atoms with van der Waals surface area (Å²) in [5, 5.41) is 12.9. The molecule has 1 aliphatic rings. The summed E-state index contributed by atoms with van der Waals surface area (Å²) in [6.07, 6.45) is 0. The van der Waals surface area contributed by atoms with Crippen LogP contribution in [-0.2, 0) is 6.61 Å². The highest BCUT2D eigenvalue weighted by molar-refractivity contribution is 5.25. The summed E-state index contributed by atoms with van der Waals surface area (Å²) >= 11 is 0. The lowest BCUT2D eigenvalue weighted by molar-refractivity contribution is 0.142. The fourth-order valence-electron chi connectivity index (χ4n) is 2.95. The van der Waals surface area contributed by atoms with Gasteiger partial charge >= 0.3 is 0 Å². The topological polar surface area (TPSA) is 38.7 Å². The van der Waals surface area contributed by atoms with E-state index in [0.717, 1.165) is 25.2 Å². The summed E-state index contributed by atoms with van der Waals surface area (Å²) in [6, 6.07) is 8.95. The zero-order valence-corrected chi connectivity index (χ0v) is 13.5. The fraction of sp³-hybridized carbons (Fsp3) is 0.647. The molecule has 118 valence electrons. The van der Waals surface area contributed by atoms with E-state index in [1.54, 1.807) is 0 Å². The van der Waals surface area contributed by atoms with Crippen LogP contribution in [0.4, 0.5) is 0 Å². The molecule has 1 fully saturated rings. The molecule has 1 saturated heterocycles. The number of aliphatic hydroxyl groups excluding tert-OH is 1. The van der Waals surface area contributed by atoms with Gasteiger partial charge < -0.3 is 15.3 Å². The van der Waals surface area contributed by atoms with E-state index in [1.165, 1.54) is 18.7 Å². The van der Waals surface area contributed by atoms with Gasteiger partial charge in [-0.1, -0.05) is 24.3 Å². The molecule has 21 heavy (non-hydrogen) atoms. The number of benzene rings is 1. The first kappa shape index (κ1) is 16.4. The number of likely N-dealkylation sites (N-methyl/N-ethyl adjacent to an activating group) is 1. The standard InChI is InChI=1S/C17H29N3O/c1-14(12-20-9-7-19(3)8-10-20)18-15(2)17-6-4-5-16(11-17)13-21/h4-6,11,14-15,18,21H,7-10,12-13H2,1-3H3. The second-order valence-electron chi connectivity index (χ2n) is 6.30. The number of hydrogen-bond donors (Lipinski definition) is 2. The Labute approximate surface area is 128 Å². The van der Waals surface area contributed by atoms with E-state index in [4.69, 9.17) is 0 Å². The molecule has 2 rings (SSSR count). The molecular formula is C17H29N3O. The molecule has 2 unspecified atom stereocenters. The number of nitrogens with zero attached hydrogens (tertiary/aromatic N) is 2. The van der Waals surface area contributed by atoms with Crippen LogP contribution in [0.2, 0.25) is 0 Å². The lowest BCUT2D eigenvalue weighted by atomic mass is 10.0. The maximum Gasteiger partial charge on any atom is 0.0681 e. The van der Waals surface area contributed by atoms with Crippen molar-refractivity contribution in [2.45, 2.75) is 32.5 Å². The smallest absolute Gasteiger partial charge is 0.0681 e. The quantitative estimate of drug-likeness (QED) is 0.832. The van der Waals surface area contributed by atoms with Crippen LogP contribution in [0.25, 0.3) is 0 Å². The minimum Gasteiger partial charge on any atom is -0.392 e. The second kappa shape index (κ2) is 7.90. The van der Waals surface area contributed by atoms with Crippen molar-refractivity contribution in [1.82, 2.24) is 15.1 Å². The minimum absolute atomic E-state index is 0.109. The normalized spacial score (nSPS) is 20.4. The van der Waals surface area contributed by atoms with Crippen molar-refractivity contribution >= 4 is 0 Å². The van der Waals surface area contributed by atoms with Gasteiger partial charge in [-0.05, 0) is 32.0 Å². The zero-order chi connectivity index (χ0) is 15.2. The van der Waals surface area contributed by atoms with Crippen LogP contribution in [0.15, 0.2) is 24.3 Å². The number of hydrogen-bond acceptors (Lipinski definition) is 4. The summed E-state index contributed by atoms with van der Waals surface area (Å²) in [6.45, 7) is 10.3. The van der Waals surface area contributed by atoms with Gasteiger partial charge in [0.2, 0.25) is 0 Å². The maximum absolute atomic E-state index is 9.23. The zero-order valence-electron chi connectivity index (χ0n) is 13.5. The Morgan fingerprint density at radius 2 is 1.90 bits per heavy atom. The highest BCUT2D eigenvalue weighted by atomic mass is 16.3. The maximum atomic E-state index is 9.23. The van der Waals surface area contributed by atoms with Crippen molar-refractivity contribution in [3.05, 3.63) is 35.4 Å². The monoisotopic (exact) mass is 291 g/mol. The molecule has 1 aliphatic heterocycles. The van der Waals surface area contributed by atoms with E-state index < -0.39 is 0 Å². The third-order valence-electron chi connectivity index (χ3n) is 4.30. The summed E-state index contributed by atoms with van der Waals surface area (Å²) in [4.78, 5) is 4.92. The minimum atomic E-state index is 0.109.